The zero-order valence-electron chi connectivity index (χ0n) is 16.9. The minimum absolute atomic E-state index is 0.0268. The topological polar surface area (TPSA) is 93.9 Å². The lowest BCUT2D eigenvalue weighted by atomic mass is 9.93. The number of nitrogens with zero attached hydrogens (tertiary/aromatic N) is 3. The Labute approximate surface area is 197 Å². The second-order valence-electron chi connectivity index (χ2n) is 7.38. The number of nitrogen functional groups attached to an aromatic ring is 1. The molecule has 0 atom stereocenters. The van der Waals surface area contributed by atoms with Gasteiger partial charge in [-0.25, -0.2) is 9.07 Å². The number of hydrogen-bond acceptors (Lipinski definition) is 5. The average molecular weight is 533 g/mol. The number of hydrogen-bond donors (Lipinski definition) is 1. The summed E-state index contributed by atoms with van der Waals surface area (Å²) in [6, 6.07) is 1.90. The molecule has 6 nitrogen and oxygen atoms in total. The van der Waals surface area contributed by atoms with Gasteiger partial charge >= 0.3 is 24.0 Å². The van der Waals surface area contributed by atoms with Crippen molar-refractivity contribution in [2.75, 3.05) is 12.3 Å². The van der Waals surface area contributed by atoms with Crippen LogP contribution in [0.25, 0.3) is 5.69 Å². The van der Waals surface area contributed by atoms with Crippen molar-refractivity contribution in [3.05, 3.63) is 39.0 Å². The summed E-state index contributed by atoms with van der Waals surface area (Å²) in [5, 5.41) is 11.6. The Morgan fingerprint density at radius 1 is 1.18 bits per heavy atom. The molecule has 0 spiro atoms. The summed E-state index contributed by atoms with van der Waals surface area (Å²) in [7, 11) is 0. The molecule has 0 radical (unpaired) electrons. The molecular weight excluding hydrogens is 520 g/mol. The van der Waals surface area contributed by atoms with Crippen LogP contribution >= 0.6 is 23.2 Å². The molecule has 15 heteroatoms. The zero-order chi connectivity index (χ0) is 25.9. The van der Waals surface area contributed by atoms with Crippen LogP contribution in [0.5, 0.6) is 0 Å². The normalized spacial score (nSPS) is 15.7. The fourth-order valence-corrected chi connectivity index (χ4v) is 4.20. The van der Waals surface area contributed by atoms with Crippen molar-refractivity contribution in [2.24, 2.45) is 0 Å². The smallest absolute Gasteiger partial charge is 0.435 e. The summed E-state index contributed by atoms with van der Waals surface area (Å²) in [6.45, 7) is 1.58. The Bertz CT molecular complexity index is 1160. The number of rotatable bonds is 5. The number of esters is 1. The summed E-state index contributed by atoms with van der Waals surface area (Å²) in [6.07, 6.45) is -12.3. The van der Waals surface area contributed by atoms with Crippen LogP contribution in [0.4, 0.5) is 36.6 Å². The number of alkyl halides is 7. The highest BCUT2D eigenvalue weighted by Crippen LogP contribution is 2.55. The Balaban J connectivity index is 2.22. The first kappa shape index (κ1) is 25.9. The fraction of sp³-hybridized carbons (Fsp3) is 0.421. The summed E-state index contributed by atoms with van der Waals surface area (Å²) in [4.78, 5) is 12.4. The SMILES string of the molecule is CCOC(=O)C1(c2c(C#N)nn(-c3c(Cl)cc(C(F)(C(F)(F)F)C(F)(F)F)cc3Cl)c2N)CC1. The molecule has 2 N–H and O–H groups in total. The van der Waals surface area contributed by atoms with Gasteiger partial charge in [0.15, 0.2) is 5.69 Å². The molecule has 3 rings (SSSR count). The Morgan fingerprint density at radius 3 is 2.06 bits per heavy atom. The van der Waals surface area contributed by atoms with Gasteiger partial charge in [-0.05, 0) is 31.9 Å². The van der Waals surface area contributed by atoms with Crippen molar-refractivity contribution >= 4 is 35.0 Å². The standard InChI is InChI=1S/C19H13Cl2F7N4O2/c1-2-34-15(33)16(3-4-16)12-11(7-29)31-32(14(12)30)13-9(20)5-8(6-10(13)21)17(22,18(23,24)25)19(26,27)28/h5-6H,2-4,30H2,1H3. The number of ether oxygens (including phenoxy) is 1. The third kappa shape index (κ3) is 3.73. The predicted octanol–water partition coefficient (Wildman–Crippen LogP) is 5.52. The number of anilines is 1. The van der Waals surface area contributed by atoms with Gasteiger partial charge in [0.25, 0.3) is 0 Å². The van der Waals surface area contributed by atoms with Gasteiger partial charge < -0.3 is 10.5 Å². The van der Waals surface area contributed by atoms with Crippen molar-refractivity contribution in [1.29, 1.82) is 5.26 Å². The van der Waals surface area contributed by atoms with Crippen molar-refractivity contribution in [2.45, 2.75) is 43.2 Å². The first-order chi connectivity index (χ1) is 15.6. The van der Waals surface area contributed by atoms with E-state index in [1.807, 2.05) is 0 Å². The van der Waals surface area contributed by atoms with Crippen LogP contribution in [0, 0.1) is 11.3 Å². The molecule has 34 heavy (non-hydrogen) atoms. The summed E-state index contributed by atoms with van der Waals surface area (Å²) in [5.74, 6) is -1.06. The molecule has 1 aliphatic rings. The molecule has 0 amide bonds. The predicted molar refractivity (Wildman–Crippen MR) is 105 cm³/mol. The molecule has 1 saturated carbocycles. The van der Waals surface area contributed by atoms with Gasteiger partial charge in [-0.3, -0.25) is 4.79 Å². The quantitative estimate of drug-likeness (QED) is 0.404. The first-order valence-corrected chi connectivity index (χ1v) is 10.1. The lowest BCUT2D eigenvalue weighted by Gasteiger charge is -2.30. The maximum absolute atomic E-state index is 14.5. The number of aromatic nitrogens is 2. The second-order valence-corrected chi connectivity index (χ2v) is 8.19. The summed E-state index contributed by atoms with van der Waals surface area (Å²) in [5.41, 5.74) is -3.84. The first-order valence-electron chi connectivity index (χ1n) is 9.35. The third-order valence-corrected chi connectivity index (χ3v) is 5.91. The molecular formula is C19H13Cl2F7N4O2. The highest BCUT2D eigenvalue weighted by Gasteiger charge is 2.73. The zero-order valence-corrected chi connectivity index (χ0v) is 18.4. The minimum Gasteiger partial charge on any atom is -0.465 e. The van der Waals surface area contributed by atoms with Crippen molar-refractivity contribution in [3.8, 4) is 11.8 Å². The van der Waals surface area contributed by atoms with Gasteiger partial charge in [0.05, 0.1) is 22.1 Å². The summed E-state index contributed by atoms with van der Waals surface area (Å²) >= 11 is 11.8. The molecule has 184 valence electrons. The Hall–Kier alpha value is -2.72. The van der Waals surface area contributed by atoms with E-state index in [0.717, 1.165) is 0 Å². The molecule has 1 heterocycles. The molecule has 1 fully saturated rings. The van der Waals surface area contributed by atoms with Crippen LogP contribution in [-0.4, -0.2) is 34.7 Å². The van der Waals surface area contributed by atoms with Crippen LogP contribution in [0.15, 0.2) is 12.1 Å². The van der Waals surface area contributed by atoms with Crippen molar-refractivity contribution < 1.29 is 40.3 Å². The Morgan fingerprint density at radius 2 is 1.68 bits per heavy atom. The van der Waals surface area contributed by atoms with E-state index in [0.29, 0.717) is 4.68 Å². The van der Waals surface area contributed by atoms with Gasteiger partial charge in [-0.15, -0.1) is 0 Å². The van der Waals surface area contributed by atoms with E-state index >= 15 is 0 Å². The van der Waals surface area contributed by atoms with Crippen LogP contribution in [0.2, 0.25) is 10.0 Å². The monoisotopic (exact) mass is 532 g/mol. The van der Waals surface area contributed by atoms with Gasteiger partial charge in [0.2, 0.25) is 0 Å². The van der Waals surface area contributed by atoms with Gasteiger partial charge in [0, 0.05) is 11.1 Å². The molecule has 0 saturated heterocycles. The third-order valence-electron chi connectivity index (χ3n) is 5.33. The lowest BCUT2D eigenvalue weighted by Crippen LogP contribution is -2.50. The van der Waals surface area contributed by atoms with E-state index in [-0.39, 0.29) is 48.7 Å². The van der Waals surface area contributed by atoms with Crippen molar-refractivity contribution in [1.82, 2.24) is 9.78 Å². The van der Waals surface area contributed by atoms with Crippen LogP contribution < -0.4 is 5.73 Å². The molecule has 0 unspecified atom stereocenters. The highest BCUT2D eigenvalue weighted by atomic mass is 35.5. The number of benzene rings is 1. The van der Waals surface area contributed by atoms with Crippen LogP contribution in [0.1, 0.15) is 36.6 Å². The largest absolute Gasteiger partial charge is 0.465 e. The molecule has 1 aromatic heterocycles. The van der Waals surface area contributed by atoms with Crippen molar-refractivity contribution in [3.63, 3.8) is 0 Å². The average Bonchev–Trinajstić information content (AvgIpc) is 3.44. The number of carbonyl (C=O) groups is 1. The maximum Gasteiger partial charge on any atom is 0.435 e. The fourth-order valence-electron chi connectivity index (χ4n) is 3.56. The molecule has 1 aromatic carbocycles. The van der Waals surface area contributed by atoms with E-state index in [9.17, 15) is 40.8 Å². The minimum atomic E-state index is -6.39. The van der Waals surface area contributed by atoms with Gasteiger partial charge in [0.1, 0.15) is 17.6 Å². The molecule has 0 aliphatic heterocycles. The summed E-state index contributed by atoms with van der Waals surface area (Å²) < 4.78 is 98.9. The molecule has 0 bridgehead atoms. The van der Waals surface area contributed by atoms with E-state index < -0.39 is 50.7 Å². The molecule has 2 aromatic rings. The molecule has 1 aliphatic carbocycles. The van der Waals surface area contributed by atoms with E-state index in [1.165, 1.54) is 0 Å². The maximum atomic E-state index is 14.5. The highest BCUT2D eigenvalue weighted by molar-refractivity contribution is 6.38. The Kier molecular flexibility index (Phi) is 6.24. The second kappa shape index (κ2) is 8.20. The van der Waals surface area contributed by atoms with Crippen LogP contribution in [0.3, 0.4) is 0 Å². The van der Waals surface area contributed by atoms with E-state index in [2.05, 4.69) is 5.10 Å². The van der Waals surface area contributed by atoms with Crippen LogP contribution in [-0.2, 0) is 20.6 Å². The number of halogens is 9. The number of nitrogens with two attached hydrogens (primary N) is 1. The van der Waals surface area contributed by atoms with E-state index in [4.69, 9.17) is 33.7 Å². The number of carbonyl (C=O) groups excluding carboxylic acids is 1. The van der Waals surface area contributed by atoms with Gasteiger partial charge in [-0.1, -0.05) is 23.2 Å². The van der Waals surface area contributed by atoms with E-state index in [1.54, 1.807) is 13.0 Å². The number of nitriles is 1. The van der Waals surface area contributed by atoms with Gasteiger partial charge in [-0.2, -0.15) is 36.7 Å². The lowest BCUT2D eigenvalue weighted by molar-refractivity contribution is -0.348.